The normalized spacial score (nSPS) is 11.3. The van der Waals surface area contributed by atoms with Crippen LogP contribution in [0.5, 0.6) is 0 Å². The predicted octanol–water partition coefficient (Wildman–Crippen LogP) is 6.70. The average Bonchev–Trinajstić information content (AvgIpc) is 2.48. The van der Waals surface area contributed by atoms with E-state index in [1.807, 2.05) is 0 Å². The first kappa shape index (κ1) is 14.3. The van der Waals surface area contributed by atoms with Crippen molar-refractivity contribution in [3.63, 3.8) is 0 Å². The molecule has 0 bridgehead atoms. The van der Waals surface area contributed by atoms with Gasteiger partial charge >= 0.3 is 0 Å². The van der Waals surface area contributed by atoms with Crippen molar-refractivity contribution in [2.24, 2.45) is 0 Å². The summed E-state index contributed by atoms with van der Waals surface area (Å²) < 4.78 is 1.13. The second-order valence-corrected chi connectivity index (χ2v) is 6.78. The van der Waals surface area contributed by atoms with Crippen LogP contribution in [0.1, 0.15) is 30.9 Å². The Morgan fingerprint density at radius 3 is 2.43 bits per heavy atom. The number of hydrogen-bond donors (Lipinski definition) is 0. The molecule has 106 valence electrons. The number of rotatable bonds is 2. The smallest absolute Gasteiger partial charge is 0.0181 e. The summed E-state index contributed by atoms with van der Waals surface area (Å²) in [6, 6.07) is 19.7. The van der Waals surface area contributed by atoms with E-state index in [0.29, 0.717) is 5.92 Å². The van der Waals surface area contributed by atoms with Crippen molar-refractivity contribution in [3.05, 3.63) is 70.2 Å². The molecule has 0 N–H and O–H groups in total. The molecule has 0 saturated carbocycles. The molecule has 0 amide bonds. The quantitative estimate of drug-likeness (QED) is 0.487. The Labute approximate surface area is 134 Å². The minimum Gasteiger partial charge on any atom is -0.0616 e. The van der Waals surface area contributed by atoms with Crippen LogP contribution in [0.4, 0.5) is 0 Å². The van der Waals surface area contributed by atoms with E-state index in [2.05, 4.69) is 91.3 Å². The van der Waals surface area contributed by atoms with Crippen LogP contribution in [0.2, 0.25) is 0 Å². The fourth-order valence-corrected chi connectivity index (χ4v) is 3.29. The van der Waals surface area contributed by atoms with Gasteiger partial charge in [0, 0.05) is 4.47 Å². The van der Waals surface area contributed by atoms with Crippen LogP contribution in [0.25, 0.3) is 21.9 Å². The van der Waals surface area contributed by atoms with E-state index in [-0.39, 0.29) is 0 Å². The molecule has 1 heteroatoms. The number of hydrogen-bond acceptors (Lipinski definition) is 0. The molecule has 0 atom stereocenters. The molecular formula is C20H19Br. The van der Waals surface area contributed by atoms with E-state index < -0.39 is 0 Å². The van der Waals surface area contributed by atoms with Crippen molar-refractivity contribution in [1.82, 2.24) is 0 Å². The van der Waals surface area contributed by atoms with Crippen molar-refractivity contribution in [2.45, 2.75) is 26.7 Å². The lowest BCUT2D eigenvalue weighted by molar-refractivity contribution is 0.870. The third kappa shape index (κ3) is 2.63. The lowest BCUT2D eigenvalue weighted by Gasteiger charge is -2.18. The van der Waals surface area contributed by atoms with Gasteiger partial charge in [-0.3, -0.25) is 0 Å². The van der Waals surface area contributed by atoms with Crippen molar-refractivity contribution in [3.8, 4) is 11.1 Å². The van der Waals surface area contributed by atoms with Gasteiger partial charge in [-0.15, -0.1) is 0 Å². The average molecular weight is 339 g/mol. The van der Waals surface area contributed by atoms with E-state index in [1.165, 1.54) is 33.0 Å². The second-order valence-electron chi connectivity index (χ2n) is 5.86. The van der Waals surface area contributed by atoms with Gasteiger partial charge in [-0.25, -0.2) is 0 Å². The Hall–Kier alpha value is -1.60. The van der Waals surface area contributed by atoms with Gasteiger partial charge < -0.3 is 0 Å². The first-order chi connectivity index (χ1) is 10.1. The van der Waals surface area contributed by atoms with Gasteiger partial charge in [-0.05, 0) is 58.0 Å². The van der Waals surface area contributed by atoms with Gasteiger partial charge in [0.25, 0.3) is 0 Å². The fourth-order valence-electron chi connectivity index (χ4n) is 2.93. The molecule has 3 aromatic rings. The number of aryl methyl sites for hydroxylation is 1. The Kier molecular flexibility index (Phi) is 3.86. The molecule has 0 saturated heterocycles. The highest BCUT2D eigenvalue weighted by Crippen LogP contribution is 2.38. The maximum absolute atomic E-state index is 3.62. The van der Waals surface area contributed by atoms with E-state index in [1.54, 1.807) is 0 Å². The van der Waals surface area contributed by atoms with Gasteiger partial charge in [0.1, 0.15) is 0 Å². The molecule has 3 aromatic carbocycles. The predicted molar refractivity (Wildman–Crippen MR) is 95.9 cm³/mol. The van der Waals surface area contributed by atoms with E-state index in [0.717, 1.165) is 4.47 Å². The number of benzene rings is 3. The third-order valence-electron chi connectivity index (χ3n) is 4.05. The molecule has 0 aliphatic carbocycles. The molecule has 0 aromatic heterocycles. The van der Waals surface area contributed by atoms with Gasteiger partial charge in [0.15, 0.2) is 0 Å². The monoisotopic (exact) mass is 338 g/mol. The van der Waals surface area contributed by atoms with Crippen LogP contribution in [0.3, 0.4) is 0 Å². The zero-order valence-corrected chi connectivity index (χ0v) is 14.2. The first-order valence-corrected chi connectivity index (χ1v) is 8.15. The summed E-state index contributed by atoms with van der Waals surface area (Å²) in [5.74, 6) is 0.503. The summed E-state index contributed by atoms with van der Waals surface area (Å²) in [5, 5.41) is 2.64. The number of fused-ring (bicyclic) bond motifs is 1. The van der Waals surface area contributed by atoms with E-state index >= 15 is 0 Å². The molecule has 0 aliphatic rings. The van der Waals surface area contributed by atoms with Crippen LogP contribution in [0.15, 0.2) is 59.1 Å². The highest BCUT2D eigenvalue weighted by Gasteiger charge is 2.14. The molecule has 0 heterocycles. The Morgan fingerprint density at radius 2 is 1.67 bits per heavy atom. The summed E-state index contributed by atoms with van der Waals surface area (Å²) in [5.41, 5.74) is 5.43. The van der Waals surface area contributed by atoms with E-state index in [4.69, 9.17) is 0 Å². The minimum absolute atomic E-state index is 0.503. The van der Waals surface area contributed by atoms with Crippen molar-refractivity contribution >= 4 is 26.7 Å². The SMILES string of the molecule is Cc1ccc(Br)cc1-c1c(C(C)C)ccc2ccccc12. The summed E-state index contributed by atoms with van der Waals surface area (Å²) in [6.07, 6.45) is 0. The molecule has 0 fully saturated rings. The summed E-state index contributed by atoms with van der Waals surface area (Å²) in [4.78, 5) is 0. The lowest BCUT2D eigenvalue weighted by atomic mass is 9.87. The highest BCUT2D eigenvalue weighted by molar-refractivity contribution is 9.10. The molecule has 0 unspecified atom stereocenters. The van der Waals surface area contributed by atoms with Gasteiger partial charge in [0.2, 0.25) is 0 Å². The summed E-state index contributed by atoms with van der Waals surface area (Å²) >= 11 is 3.62. The summed E-state index contributed by atoms with van der Waals surface area (Å²) in [6.45, 7) is 6.72. The van der Waals surface area contributed by atoms with Gasteiger partial charge in [-0.1, -0.05) is 72.2 Å². The second kappa shape index (κ2) is 5.65. The maximum atomic E-state index is 3.62. The molecular weight excluding hydrogens is 320 g/mol. The maximum Gasteiger partial charge on any atom is 0.0181 e. The Morgan fingerprint density at radius 1 is 0.905 bits per heavy atom. The standard InChI is InChI=1S/C20H19Br/c1-13(2)17-11-9-15-6-4-5-7-18(15)20(17)19-12-16(21)10-8-14(19)3/h4-13H,1-3H3. The van der Waals surface area contributed by atoms with Crippen LogP contribution < -0.4 is 0 Å². The molecule has 0 nitrogen and oxygen atoms in total. The molecule has 3 rings (SSSR count). The van der Waals surface area contributed by atoms with Crippen LogP contribution in [-0.2, 0) is 0 Å². The van der Waals surface area contributed by atoms with Crippen LogP contribution >= 0.6 is 15.9 Å². The van der Waals surface area contributed by atoms with Crippen LogP contribution in [0, 0.1) is 6.92 Å². The lowest BCUT2D eigenvalue weighted by Crippen LogP contribution is -1.95. The molecule has 0 spiro atoms. The fraction of sp³-hybridized carbons (Fsp3) is 0.200. The van der Waals surface area contributed by atoms with Crippen molar-refractivity contribution < 1.29 is 0 Å². The van der Waals surface area contributed by atoms with Crippen molar-refractivity contribution in [2.75, 3.05) is 0 Å². The minimum atomic E-state index is 0.503. The summed E-state index contributed by atoms with van der Waals surface area (Å²) in [7, 11) is 0. The highest BCUT2D eigenvalue weighted by atomic mass is 79.9. The molecule has 0 aliphatic heterocycles. The van der Waals surface area contributed by atoms with Gasteiger partial charge in [0.05, 0.1) is 0 Å². The van der Waals surface area contributed by atoms with Crippen LogP contribution in [-0.4, -0.2) is 0 Å². The topological polar surface area (TPSA) is 0 Å². The number of halogens is 1. The zero-order chi connectivity index (χ0) is 15.0. The van der Waals surface area contributed by atoms with Gasteiger partial charge in [-0.2, -0.15) is 0 Å². The van der Waals surface area contributed by atoms with Crippen molar-refractivity contribution in [1.29, 1.82) is 0 Å². The zero-order valence-electron chi connectivity index (χ0n) is 12.7. The Bertz CT molecular complexity index is 800. The Balaban J connectivity index is 2.43. The first-order valence-electron chi connectivity index (χ1n) is 7.36. The third-order valence-corrected chi connectivity index (χ3v) is 4.55. The molecule has 0 radical (unpaired) electrons. The molecule has 21 heavy (non-hydrogen) atoms. The van der Waals surface area contributed by atoms with E-state index in [9.17, 15) is 0 Å². The largest absolute Gasteiger partial charge is 0.0616 e.